The Labute approximate surface area is 110 Å². The van der Waals surface area contributed by atoms with Crippen molar-refractivity contribution in [3.8, 4) is 0 Å². The first-order chi connectivity index (χ1) is 8.70. The number of nitrogens with two attached hydrogens (primary N) is 1. The van der Waals surface area contributed by atoms with Gasteiger partial charge >= 0.3 is 0 Å². The van der Waals surface area contributed by atoms with E-state index in [1.54, 1.807) is 0 Å². The monoisotopic (exact) mass is 244 g/mol. The average Bonchev–Trinajstić information content (AvgIpc) is 2.89. The normalized spacial score (nSPS) is 17.6. The second-order valence-corrected chi connectivity index (χ2v) is 5.42. The molecule has 1 unspecified atom stereocenters. The molecule has 0 aromatic heterocycles. The van der Waals surface area contributed by atoms with Crippen LogP contribution in [0.1, 0.15) is 49.8 Å². The van der Waals surface area contributed by atoms with Gasteiger partial charge in [-0.15, -0.1) is 0 Å². The van der Waals surface area contributed by atoms with E-state index in [0.29, 0.717) is 18.5 Å². The van der Waals surface area contributed by atoms with Gasteiger partial charge in [-0.25, -0.2) is 0 Å². The highest BCUT2D eigenvalue weighted by Crippen LogP contribution is 2.20. The third-order valence-electron chi connectivity index (χ3n) is 3.69. The standard InChI is InChI=1S/C16H24N2/c1-12(2)13-7-9-14(10-8-13)16(11-17)18-15-5-3-4-6-15/h3-4,7-10,12,15-16,18H,5-6,11,17H2,1-2H3. The van der Waals surface area contributed by atoms with Crippen molar-refractivity contribution in [2.45, 2.75) is 44.7 Å². The van der Waals surface area contributed by atoms with E-state index in [0.717, 1.165) is 12.8 Å². The Bertz CT molecular complexity index is 384. The molecular formula is C16H24N2. The van der Waals surface area contributed by atoms with Gasteiger partial charge in [-0.1, -0.05) is 50.3 Å². The number of hydrogen-bond acceptors (Lipinski definition) is 2. The number of nitrogens with one attached hydrogen (secondary N) is 1. The van der Waals surface area contributed by atoms with Crippen LogP contribution < -0.4 is 11.1 Å². The van der Waals surface area contributed by atoms with Crippen molar-refractivity contribution in [1.82, 2.24) is 5.32 Å². The van der Waals surface area contributed by atoms with Gasteiger partial charge in [0.1, 0.15) is 0 Å². The zero-order valence-electron chi connectivity index (χ0n) is 11.4. The van der Waals surface area contributed by atoms with E-state index in [4.69, 9.17) is 5.73 Å². The fourth-order valence-electron chi connectivity index (χ4n) is 2.45. The SMILES string of the molecule is CC(C)c1ccc(C(CN)NC2CC=CC2)cc1. The number of hydrogen-bond donors (Lipinski definition) is 2. The van der Waals surface area contributed by atoms with Crippen LogP contribution in [-0.4, -0.2) is 12.6 Å². The van der Waals surface area contributed by atoms with Crippen LogP contribution in [-0.2, 0) is 0 Å². The second kappa shape index (κ2) is 6.17. The maximum atomic E-state index is 5.90. The lowest BCUT2D eigenvalue weighted by Crippen LogP contribution is -2.35. The van der Waals surface area contributed by atoms with Gasteiger partial charge in [-0.3, -0.25) is 0 Å². The van der Waals surface area contributed by atoms with Crippen LogP contribution in [0.3, 0.4) is 0 Å². The summed E-state index contributed by atoms with van der Waals surface area (Å²) in [4.78, 5) is 0. The predicted octanol–water partition coefficient (Wildman–Crippen LogP) is 3.12. The minimum atomic E-state index is 0.274. The fourth-order valence-corrected chi connectivity index (χ4v) is 2.45. The molecule has 3 N–H and O–H groups in total. The number of rotatable bonds is 5. The van der Waals surface area contributed by atoms with Gasteiger partial charge in [0.05, 0.1) is 0 Å². The van der Waals surface area contributed by atoms with Crippen LogP contribution in [0.4, 0.5) is 0 Å². The largest absolute Gasteiger partial charge is 0.329 e. The van der Waals surface area contributed by atoms with E-state index in [1.165, 1.54) is 11.1 Å². The van der Waals surface area contributed by atoms with Crippen LogP contribution in [0.25, 0.3) is 0 Å². The first-order valence-corrected chi connectivity index (χ1v) is 6.91. The Morgan fingerprint density at radius 2 is 1.67 bits per heavy atom. The quantitative estimate of drug-likeness (QED) is 0.781. The van der Waals surface area contributed by atoms with Crippen LogP contribution in [0.2, 0.25) is 0 Å². The molecule has 0 spiro atoms. The molecule has 0 aliphatic heterocycles. The molecule has 0 saturated carbocycles. The van der Waals surface area contributed by atoms with Crippen LogP contribution in [0.5, 0.6) is 0 Å². The van der Waals surface area contributed by atoms with Crippen molar-refractivity contribution in [3.05, 3.63) is 47.5 Å². The Hall–Kier alpha value is -1.12. The first kappa shape index (κ1) is 13.3. The molecule has 98 valence electrons. The van der Waals surface area contributed by atoms with Gasteiger partial charge in [-0.2, -0.15) is 0 Å². The summed E-state index contributed by atoms with van der Waals surface area (Å²) in [5, 5.41) is 3.64. The van der Waals surface area contributed by atoms with Gasteiger partial charge < -0.3 is 11.1 Å². The summed E-state index contributed by atoms with van der Waals surface area (Å²) >= 11 is 0. The Morgan fingerprint density at radius 1 is 1.11 bits per heavy atom. The van der Waals surface area contributed by atoms with Gasteiger partial charge in [-0.05, 0) is 29.9 Å². The second-order valence-electron chi connectivity index (χ2n) is 5.42. The smallest absolute Gasteiger partial charge is 0.0446 e. The summed E-state index contributed by atoms with van der Waals surface area (Å²) in [6.07, 6.45) is 6.74. The molecule has 2 heteroatoms. The van der Waals surface area contributed by atoms with Crippen LogP contribution in [0.15, 0.2) is 36.4 Å². The molecule has 2 rings (SSSR count). The predicted molar refractivity (Wildman–Crippen MR) is 77.6 cm³/mol. The van der Waals surface area contributed by atoms with Gasteiger partial charge in [0, 0.05) is 18.6 Å². The van der Waals surface area contributed by atoms with Crippen molar-refractivity contribution in [2.24, 2.45) is 5.73 Å². The lowest BCUT2D eigenvalue weighted by atomic mass is 9.98. The molecule has 1 atom stereocenters. The summed E-state index contributed by atoms with van der Waals surface area (Å²) in [5.74, 6) is 0.586. The maximum absolute atomic E-state index is 5.90. The molecule has 1 aromatic carbocycles. The Morgan fingerprint density at radius 3 is 2.17 bits per heavy atom. The van der Waals surface area contributed by atoms with Gasteiger partial charge in [0.15, 0.2) is 0 Å². The molecule has 1 aromatic rings. The van der Waals surface area contributed by atoms with Crippen molar-refractivity contribution < 1.29 is 0 Å². The third kappa shape index (κ3) is 3.21. The van der Waals surface area contributed by atoms with Crippen molar-refractivity contribution in [3.63, 3.8) is 0 Å². The highest BCUT2D eigenvalue weighted by atomic mass is 15.0. The summed E-state index contributed by atoms with van der Waals surface area (Å²) < 4.78 is 0. The molecule has 1 aliphatic rings. The molecule has 0 fully saturated rings. The lowest BCUT2D eigenvalue weighted by Gasteiger charge is -2.22. The van der Waals surface area contributed by atoms with Crippen molar-refractivity contribution >= 4 is 0 Å². The summed E-state index contributed by atoms with van der Waals surface area (Å²) in [6.45, 7) is 5.09. The van der Waals surface area contributed by atoms with Crippen molar-refractivity contribution in [2.75, 3.05) is 6.54 Å². The van der Waals surface area contributed by atoms with E-state index >= 15 is 0 Å². The molecule has 0 saturated heterocycles. The minimum Gasteiger partial charge on any atom is -0.329 e. The molecule has 0 bridgehead atoms. The molecular weight excluding hydrogens is 220 g/mol. The highest BCUT2D eigenvalue weighted by molar-refractivity contribution is 5.27. The first-order valence-electron chi connectivity index (χ1n) is 6.91. The Balaban J connectivity index is 2.02. The molecule has 1 aliphatic carbocycles. The fraction of sp³-hybridized carbons (Fsp3) is 0.500. The average molecular weight is 244 g/mol. The zero-order chi connectivity index (χ0) is 13.0. The summed E-state index contributed by atoms with van der Waals surface area (Å²) in [6, 6.07) is 9.69. The maximum Gasteiger partial charge on any atom is 0.0446 e. The van der Waals surface area contributed by atoms with Gasteiger partial charge in [0.2, 0.25) is 0 Å². The molecule has 0 amide bonds. The van der Waals surface area contributed by atoms with E-state index in [2.05, 4.69) is 55.6 Å². The summed E-state index contributed by atoms with van der Waals surface area (Å²) in [5.41, 5.74) is 8.58. The van der Waals surface area contributed by atoms with Gasteiger partial charge in [0.25, 0.3) is 0 Å². The topological polar surface area (TPSA) is 38.0 Å². The van der Waals surface area contributed by atoms with E-state index in [1.807, 2.05) is 0 Å². The zero-order valence-corrected chi connectivity index (χ0v) is 11.4. The summed E-state index contributed by atoms with van der Waals surface area (Å²) in [7, 11) is 0. The highest BCUT2D eigenvalue weighted by Gasteiger charge is 2.16. The molecule has 0 radical (unpaired) electrons. The van der Waals surface area contributed by atoms with E-state index in [-0.39, 0.29) is 6.04 Å². The van der Waals surface area contributed by atoms with Crippen molar-refractivity contribution in [1.29, 1.82) is 0 Å². The van der Waals surface area contributed by atoms with E-state index < -0.39 is 0 Å². The number of benzene rings is 1. The van der Waals surface area contributed by atoms with Crippen LogP contribution >= 0.6 is 0 Å². The minimum absolute atomic E-state index is 0.274. The van der Waals surface area contributed by atoms with E-state index in [9.17, 15) is 0 Å². The molecule has 18 heavy (non-hydrogen) atoms. The van der Waals surface area contributed by atoms with Crippen LogP contribution in [0, 0.1) is 0 Å². The third-order valence-corrected chi connectivity index (χ3v) is 3.69. The Kier molecular flexibility index (Phi) is 4.56. The molecule has 2 nitrogen and oxygen atoms in total. The molecule has 0 heterocycles. The lowest BCUT2D eigenvalue weighted by molar-refractivity contribution is 0.453.